The number of ether oxygens (including phenoxy) is 1. The van der Waals surface area contributed by atoms with E-state index in [-0.39, 0.29) is 12.1 Å². The fraction of sp³-hybridized carbons (Fsp3) is 0.632. The van der Waals surface area contributed by atoms with E-state index in [0.717, 1.165) is 25.0 Å². The molecule has 4 heteroatoms. The molecule has 0 aromatic heterocycles. The summed E-state index contributed by atoms with van der Waals surface area (Å²) < 4.78 is 5.25. The Balaban J connectivity index is 1.85. The van der Waals surface area contributed by atoms with Gasteiger partial charge in [-0.3, -0.25) is 0 Å². The standard InChI is InChI=1S/C19H30N2O2/c1-15(13-16-9-8-12-18(14-16)23-3)20-19(22)21(2)17-10-6-4-5-7-11-17/h8-9,12,14-15,17H,4-7,10-11,13H2,1-3H3,(H,20,22). The van der Waals surface area contributed by atoms with E-state index in [2.05, 4.69) is 18.3 Å². The maximum atomic E-state index is 12.5. The van der Waals surface area contributed by atoms with Gasteiger partial charge in [0.05, 0.1) is 7.11 Å². The Hall–Kier alpha value is -1.71. The number of benzene rings is 1. The van der Waals surface area contributed by atoms with Gasteiger partial charge < -0.3 is 15.0 Å². The number of rotatable bonds is 5. The molecule has 1 fully saturated rings. The van der Waals surface area contributed by atoms with Gasteiger partial charge in [-0.25, -0.2) is 4.79 Å². The van der Waals surface area contributed by atoms with E-state index in [1.54, 1.807) is 7.11 Å². The Morgan fingerprint density at radius 2 is 2.00 bits per heavy atom. The second-order valence-corrected chi connectivity index (χ2v) is 6.66. The predicted octanol–water partition coefficient (Wildman–Crippen LogP) is 3.99. The van der Waals surface area contributed by atoms with Crippen molar-refractivity contribution in [3.63, 3.8) is 0 Å². The smallest absolute Gasteiger partial charge is 0.317 e. The highest BCUT2D eigenvalue weighted by molar-refractivity contribution is 5.74. The van der Waals surface area contributed by atoms with Gasteiger partial charge in [-0.15, -0.1) is 0 Å². The van der Waals surface area contributed by atoms with Gasteiger partial charge in [0.1, 0.15) is 5.75 Å². The van der Waals surface area contributed by atoms with Crippen LogP contribution < -0.4 is 10.1 Å². The van der Waals surface area contributed by atoms with Gasteiger partial charge in [-0.05, 0) is 43.9 Å². The van der Waals surface area contributed by atoms with Crippen molar-refractivity contribution in [2.75, 3.05) is 14.2 Å². The van der Waals surface area contributed by atoms with Crippen LogP contribution in [0.1, 0.15) is 51.0 Å². The summed E-state index contributed by atoms with van der Waals surface area (Å²) in [4.78, 5) is 14.4. The summed E-state index contributed by atoms with van der Waals surface area (Å²) in [6.45, 7) is 2.05. The van der Waals surface area contributed by atoms with Crippen LogP contribution in [0.25, 0.3) is 0 Å². The summed E-state index contributed by atoms with van der Waals surface area (Å²) >= 11 is 0. The van der Waals surface area contributed by atoms with Crippen molar-refractivity contribution in [2.45, 2.75) is 64.0 Å². The molecule has 1 unspecified atom stereocenters. The van der Waals surface area contributed by atoms with E-state index < -0.39 is 0 Å². The number of hydrogen-bond acceptors (Lipinski definition) is 2. The molecule has 1 atom stereocenters. The van der Waals surface area contributed by atoms with Crippen molar-refractivity contribution in [3.05, 3.63) is 29.8 Å². The van der Waals surface area contributed by atoms with Gasteiger partial charge in [0.25, 0.3) is 0 Å². The number of nitrogens with zero attached hydrogens (tertiary/aromatic N) is 1. The molecular formula is C19H30N2O2. The summed E-state index contributed by atoms with van der Waals surface area (Å²) in [5.74, 6) is 0.858. The van der Waals surface area contributed by atoms with Gasteiger partial charge in [0.15, 0.2) is 0 Å². The monoisotopic (exact) mass is 318 g/mol. The van der Waals surface area contributed by atoms with Crippen LogP contribution in [0.3, 0.4) is 0 Å². The molecule has 23 heavy (non-hydrogen) atoms. The zero-order valence-corrected chi connectivity index (χ0v) is 14.7. The number of amides is 2. The maximum Gasteiger partial charge on any atom is 0.317 e. The molecule has 0 bridgehead atoms. The maximum absolute atomic E-state index is 12.5. The van der Waals surface area contributed by atoms with E-state index in [0.29, 0.717) is 6.04 Å². The highest BCUT2D eigenvalue weighted by Gasteiger charge is 2.22. The number of nitrogens with one attached hydrogen (secondary N) is 1. The molecule has 1 aromatic carbocycles. The fourth-order valence-corrected chi connectivity index (χ4v) is 3.33. The zero-order chi connectivity index (χ0) is 16.7. The second-order valence-electron chi connectivity index (χ2n) is 6.66. The van der Waals surface area contributed by atoms with Crippen LogP contribution in [0, 0.1) is 0 Å². The molecule has 2 amide bonds. The van der Waals surface area contributed by atoms with Crippen LogP contribution >= 0.6 is 0 Å². The lowest BCUT2D eigenvalue weighted by atomic mass is 10.1. The lowest BCUT2D eigenvalue weighted by Gasteiger charge is -2.29. The molecule has 1 aliphatic carbocycles. The predicted molar refractivity (Wildman–Crippen MR) is 93.9 cm³/mol. The first-order chi connectivity index (χ1) is 11.1. The van der Waals surface area contributed by atoms with Crippen molar-refractivity contribution in [1.82, 2.24) is 10.2 Å². The van der Waals surface area contributed by atoms with Crippen LogP contribution in [0.5, 0.6) is 5.75 Å². The average Bonchev–Trinajstić information content (AvgIpc) is 2.83. The first-order valence-corrected chi connectivity index (χ1v) is 8.76. The fourth-order valence-electron chi connectivity index (χ4n) is 3.33. The van der Waals surface area contributed by atoms with Crippen molar-refractivity contribution in [3.8, 4) is 5.75 Å². The minimum Gasteiger partial charge on any atom is -0.497 e. The minimum absolute atomic E-state index is 0.0484. The molecule has 0 spiro atoms. The lowest BCUT2D eigenvalue weighted by molar-refractivity contribution is 0.181. The Labute approximate surface area is 140 Å². The minimum atomic E-state index is 0.0484. The molecule has 0 heterocycles. The average molecular weight is 318 g/mol. The van der Waals surface area contributed by atoms with Crippen LogP contribution in [-0.4, -0.2) is 37.2 Å². The van der Waals surface area contributed by atoms with Gasteiger partial charge in [0.2, 0.25) is 0 Å². The number of methoxy groups -OCH3 is 1. The number of urea groups is 1. The van der Waals surface area contributed by atoms with Gasteiger partial charge >= 0.3 is 6.03 Å². The normalized spacial score (nSPS) is 17.2. The molecule has 2 rings (SSSR count). The molecule has 1 saturated carbocycles. The van der Waals surface area contributed by atoms with Crippen molar-refractivity contribution < 1.29 is 9.53 Å². The summed E-state index contributed by atoms with van der Waals surface area (Å²) in [5.41, 5.74) is 1.18. The Bertz CT molecular complexity index is 496. The summed E-state index contributed by atoms with van der Waals surface area (Å²) in [6, 6.07) is 8.56. The molecule has 0 aliphatic heterocycles. The van der Waals surface area contributed by atoms with Crippen LogP contribution in [0.2, 0.25) is 0 Å². The van der Waals surface area contributed by atoms with E-state index in [9.17, 15) is 4.79 Å². The Morgan fingerprint density at radius 3 is 2.65 bits per heavy atom. The van der Waals surface area contributed by atoms with Crippen LogP contribution in [-0.2, 0) is 6.42 Å². The van der Waals surface area contributed by atoms with E-state index in [1.165, 1.54) is 31.2 Å². The van der Waals surface area contributed by atoms with Gasteiger partial charge in [0, 0.05) is 19.1 Å². The SMILES string of the molecule is COc1cccc(CC(C)NC(=O)N(C)C2CCCCCC2)c1. The lowest BCUT2D eigenvalue weighted by Crippen LogP contribution is -2.47. The molecule has 1 aliphatic rings. The molecular weight excluding hydrogens is 288 g/mol. The first kappa shape index (κ1) is 17.6. The van der Waals surface area contributed by atoms with Crippen molar-refractivity contribution in [2.24, 2.45) is 0 Å². The largest absolute Gasteiger partial charge is 0.497 e. The Kier molecular flexibility index (Phi) is 6.75. The van der Waals surface area contributed by atoms with Gasteiger partial charge in [-0.2, -0.15) is 0 Å². The number of carbonyl (C=O) groups is 1. The highest BCUT2D eigenvalue weighted by Crippen LogP contribution is 2.21. The molecule has 0 radical (unpaired) electrons. The van der Waals surface area contributed by atoms with E-state index >= 15 is 0 Å². The molecule has 1 N–H and O–H groups in total. The van der Waals surface area contributed by atoms with Gasteiger partial charge in [-0.1, -0.05) is 37.8 Å². The first-order valence-electron chi connectivity index (χ1n) is 8.76. The van der Waals surface area contributed by atoms with Crippen molar-refractivity contribution >= 4 is 6.03 Å². The second kappa shape index (κ2) is 8.80. The third-order valence-corrected chi connectivity index (χ3v) is 4.74. The topological polar surface area (TPSA) is 41.6 Å². The molecule has 4 nitrogen and oxygen atoms in total. The zero-order valence-electron chi connectivity index (χ0n) is 14.7. The third-order valence-electron chi connectivity index (χ3n) is 4.74. The van der Waals surface area contributed by atoms with Crippen LogP contribution in [0.15, 0.2) is 24.3 Å². The quantitative estimate of drug-likeness (QED) is 0.834. The summed E-state index contributed by atoms with van der Waals surface area (Å²) in [6.07, 6.45) is 8.16. The van der Waals surface area contributed by atoms with Crippen LogP contribution in [0.4, 0.5) is 4.79 Å². The highest BCUT2D eigenvalue weighted by atomic mass is 16.5. The molecule has 1 aromatic rings. The molecule has 128 valence electrons. The van der Waals surface area contributed by atoms with Crippen molar-refractivity contribution in [1.29, 1.82) is 0 Å². The number of hydrogen-bond donors (Lipinski definition) is 1. The Morgan fingerprint density at radius 1 is 1.30 bits per heavy atom. The van der Waals surface area contributed by atoms with E-state index in [1.807, 2.05) is 30.1 Å². The number of carbonyl (C=O) groups excluding carboxylic acids is 1. The van der Waals surface area contributed by atoms with E-state index in [4.69, 9.17) is 4.74 Å². The summed E-state index contributed by atoms with van der Waals surface area (Å²) in [5, 5.41) is 3.13. The summed E-state index contributed by atoms with van der Waals surface area (Å²) in [7, 11) is 3.61. The third kappa shape index (κ3) is 5.45. The molecule has 0 saturated heterocycles.